The molecule has 2 heterocycles. The molecule has 0 radical (unpaired) electrons. The SMILES string of the molecule is Cc1cnc(C(=O)N2CCC(=O)N(Cc3ccc(F)cc3)[C@@H](C(C)C)C2)cn1. The lowest BCUT2D eigenvalue weighted by atomic mass is 10.0. The lowest BCUT2D eigenvalue weighted by Gasteiger charge is -2.34. The molecule has 0 bridgehead atoms. The maximum Gasteiger partial charge on any atom is 0.274 e. The van der Waals surface area contributed by atoms with Crippen molar-refractivity contribution in [2.45, 2.75) is 39.8 Å². The second kappa shape index (κ2) is 8.46. The van der Waals surface area contributed by atoms with Crippen molar-refractivity contribution in [3.05, 3.63) is 59.4 Å². The van der Waals surface area contributed by atoms with Crippen LogP contribution in [0.4, 0.5) is 4.39 Å². The molecule has 1 fully saturated rings. The number of nitrogens with zero attached hydrogens (tertiary/aromatic N) is 4. The van der Waals surface area contributed by atoms with E-state index in [0.29, 0.717) is 19.6 Å². The van der Waals surface area contributed by atoms with Gasteiger partial charge >= 0.3 is 0 Å². The van der Waals surface area contributed by atoms with Gasteiger partial charge < -0.3 is 9.80 Å². The Morgan fingerprint density at radius 3 is 2.54 bits per heavy atom. The van der Waals surface area contributed by atoms with Gasteiger partial charge in [-0.25, -0.2) is 9.37 Å². The Hall–Kier alpha value is -2.83. The molecule has 28 heavy (non-hydrogen) atoms. The first-order chi connectivity index (χ1) is 13.3. The number of benzene rings is 1. The summed E-state index contributed by atoms with van der Waals surface area (Å²) >= 11 is 0. The minimum Gasteiger partial charge on any atom is -0.335 e. The van der Waals surface area contributed by atoms with Crippen LogP contribution in [0, 0.1) is 18.7 Å². The molecule has 1 aromatic carbocycles. The molecule has 7 heteroatoms. The predicted octanol–water partition coefficient (Wildman–Crippen LogP) is 2.82. The van der Waals surface area contributed by atoms with Crippen LogP contribution in [0.3, 0.4) is 0 Å². The minimum atomic E-state index is -0.303. The van der Waals surface area contributed by atoms with E-state index in [1.165, 1.54) is 18.3 Å². The number of carbonyl (C=O) groups excluding carboxylic acids is 2. The molecule has 1 atom stereocenters. The monoisotopic (exact) mass is 384 g/mol. The van der Waals surface area contributed by atoms with Crippen molar-refractivity contribution in [1.29, 1.82) is 0 Å². The summed E-state index contributed by atoms with van der Waals surface area (Å²) in [4.78, 5) is 37.6. The normalized spacial score (nSPS) is 17.8. The fraction of sp³-hybridized carbons (Fsp3) is 0.429. The predicted molar refractivity (Wildman–Crippen MR) is 103 cm³/mol. The first-order valence-electron chi connectivity index (χ1n) is 9.47. The summed E-state index contributed by atoms with van der Waals surface area (Å²) < 4.78 is 13.2. The van der Waals surface area contributed by atoms with E-state index in [2.05, 4.69) is 9.97 Å². The highest BCUT2D eigenvalue weighted by atomic mass is 19.1. The largest absolute Gasteiger partial charge is 0.335 e. The van der Waals surface area contributed by atoms with Crippen LogP contribution < -0.4 is 0 Å². The van der Waals surface area contributed by atoms with Crippen LogP contribution in [0.25, 0.3) is 0 Å². The maximum absolute atomic E-state index is 13.2. The molecule has 0 aliphatic carbocycles. The molecule has 1 saturated heterocycles. The number of aromatic nitrogens is 2. The van der Waals surface area contributed by atoms with Crippen molar-refractivity contribution in [2.24, 2.45) is 5.92 Å². The molecule has 0 spiro atoms. The fourth-order valence-electron chi connectivity index (χ4n) is 3.39. The molecule has 6 nitrogen and oxygen atoms in total. The molecule has 1 aliphatic rings. The van der Waals surface area contributed by atoms with Gasteiger partial charge in [0.05, 0.1) is 17.9 Å². The molecule has 1 aliphatic heterocycles. The quantitative estimate of drug-likeness (QED) is 0.813. The summed E-state index contributed by atoms with van der Waals surface area (Å²) in [6.45, 7) is 7.06. The van der Waals surface area contributed by atoms with Crippen LogP contribution in [0.5, 0.6) is 0 Å². The third kappa shape index (κ3) is 4.52. The van der Waals surface area contributed by atoms with Gasteiger partial charge in [-0.2, -0.15) is 0 Å². The number of rotatable bonds is 4. The highest BCUT2D eigenvalue weighted by Crippen LogP contribution is 2.22. The first-order valence-corrected chi connectivity index (χ1v) is 9.47. The van der Waals surface area contributed by atoms with Crippen molar-refractivity contribution in [3.8, 4) is 0 Å². The third-order valence-corrected chi connectivity index (χ3v) is 5.05. The molecular weight excluding hydrogens is 359 g/mol. The Morgan fingerprint density at radius 2 is 1.93 bits per heavy atom. The molecule has 1 aromatic heterocycles. The van der Waals surface area contributed by atoms with Gasteiger partial charge in [0.2, 0.25) is 5.91 Å². The number of hydrogen-bond acceptors (Lipinski definition) is 4. The highest BCUT2D eigenvalue weighted by molar-refractivity contribution is 5.92. The van der Waals surface area contributed by atoms with Crippen molar-refractivity contribution in [2.75, 3.05) is 13.1 Å². The third-order valence-electron chi connectivity index (χ3n) is 5.05. The zero-order chi connectivity index (χ0) is 20.3. The molecule has 0 N–H and O–H groups in total. The summed E-state index contributed by atoms with van der Waals surface area (Å²) in [6, 6.07) is 6.04. The molecule has 148 valence electrons. The molecule has 3 rings (SSSR count). The summed E-state index contributed by atoms with van der Waals surface area (Å²) in [7, 11) is 0. The zero-order valence-electron chi connectivity index (χ0n) is 16.4. The minimum absolute atomic E-state index is 0.00619. The number of hydrogen-bond donors (Lipinski definition) is 0. The number of carbonyl (C=O) groups is 2. The van der Waals surface area contributed by atoms with E-state index in [9.17, 15) is 14.0 Å². The maximum atomic E-state index is 13.2. The summed E-state index contributed by atoms with van der Waals surface area (Å²) in [5.74, 6) is -0.368. The van der Waals surface area contributed by atoms with Gasteiger partial charge in [-0.05, 0) is 30.5 Å². The number of halogens is 1. The second-order valence-corrected chi connectivity index (χ2v) is 7.50. The first kappa shape index (κ1) is 19.9. The van der Waals surface area contributed by atoms with Crippen molar-refractivity contribution in [3.63, 3.8) is 0 Å². The Bertz CT molecular complexity index is 836. The van der Waals surface area contributed by atoms with Crippen molar-refractivity contribution >= 4 is 11.8 Å². The Kier molecular flexibility index (Phi) is 6.02. The van der Waals surface area contributed by atoms with Crippen LogP contribution in [-0.2, 0) is 11.3 Å². The van der Waals surface area contributed by atoms with Crippen molar-refractivity contribution < 1.29 is 14.0 Å². The fourth-order valence-corrected chi connectivity index (χ4v) is 3.39. The van der Waals surface area contributed by atoms with Crippen LogP contribution >= 0.6 is 0 Å². The molecule has 0 saturated carbocycles. The van der Waals surface area contributed by atoms with E-state index in [0.717, 1.165) is 11.3 Å². The average molecular weight is 384 g/mol. The van der Waals surface area contributed by atoms with E-state index in [1.807, 2.05) is 25.7 Å². The van der Waals surface area contributed by atoms with E-state index < -0.39 is 0 Å². The molecule has 2 aromatic rings. The highest BCUT2D eigenvalue weighted by Gasteiger charge is 2.34. The van der Waals surface area contributed by atoms with Crippen molar-refractivity contribution in [1.82, 2.24) is 19.8 Å². The van der Waals surface area contributed by atoms with E-state index in [-0.39, 0.29) is 41.7 Å². The average Bonchev–Trinajstić information content (AvgIpc) is 2.83. The Labute approximate surface area is 164 Å². The van der Waals surface area contributed by atoms with Gasteiger partial charge in [-0.1, -0.05) is 26.0 Å². The zero-order valence-corrected chi connectivity index (χ0v) is 16.4. The number of aryl methyl sites for hydroxylation is 1. The Balaban J connectivity index is 1.82. The van der Waals surface area contributed by atoms with Gasteiger partial charge in [-0.3, -0.25) is 14.6 Å². The van der Waals surface area contributed by atoms with E-state index in [1.54, 1.807) is 23.2 Å². The van der Waals surface area contributed by atoms with Crippen LogP contribution in [0.2, 0.25) is 0 Å². The summed E-state index contributed by atoms with van der Waals surface area (Å²) in [5, 5.41) is 0. The lowest BCUT2D eigenvalue weighted by molar-refractivity contribution is -0.134. The van der Waals surface area contributed by atoms with Gasteiger partial charge in [0.15, 0.2) is 0 Å². The smallest absolute Gasteiger partial charge is 0.274 e. The van der Waals surface area contributed by atoms with Gasteiger partial charge in [0.25, 0.3) is 5.91 Å². The topological polar surface area (TPSA) is 66.4 Å². The molecule has 2 amide bonds. The second-order valence-electron chi connectivity index (χ2n) is 7.50. The number of amides is 2. The Morgan fingerprint density at radius 1 is 1.21 bits per heavy atom. The van der Waals surface area contributed by atoms with Crippen LogP contribution in [0.15, 0.2) is 36.7 Å². The standard InChI is InChI=1S/C21H25FN4O2/c1-14(2)19-13-25(21(28)18-11-23-15(3)10-24-18)9-8-20(27)26(19)12-16-4-6-17(22)7-5-16/h4-7,10-11,14,19H,8-9,12-13H2,1-3H3/t19-/m1/s1. The van der Waals surface area contributed by atoms with Crippen LogP contribution in [0.1, 0.15) is 42.0 Å². The van der Waals surface area contributed by atoms with Gasteiger partial charge in [-0.15, -0.1) is 0 Å². The summed E-state index contributed by atoms with van der Waals surface area (Å²) in [5.41, 5.74) is 1.89. The molecule has 0 unspecified atom stereocenters. The van der Waals surface area contributed by atoms with Gasteiger partial charge in [0.1, 0.15) is 11.5 Å². The van der Waals surface area contributed by atoms with E-state index >= 15 is 0 Å². The van der Waals surface area contributed by atoms with E-state index in [4.69, 9.17) is 0 Å². The van der Waals surface area contributed by atoms with Gasteiger partial charge in [0, 0.05) is 32.3 Å². The summed E-state index contributed by atoms with van der Waals surface area (Å²) in [6.07, 6.45) is 3.29. The van der Waals surface area contributed by atoms with Crippen LogP contribution in [-0.4, -0.2) is 50.7 Å². The lowest BCUT2D eigenvalue weighted by Crippen LogP contribution is -2.47. The molecular formula is C21H25FN4O2.